The van der Waals surface area contributed by atoms with Crippen LogP contribution in [0.4, 0.5) is 5.82 Å². The zero-order valence-electron chi connectivity index (χ0n) is 9.94. The number of hydrogen-bond acceptors (Lipinski definition) is 4. The molecule has 1 aromatic heterocycles. The number of methoxy groups -OCH3 is 1. The molecular weight excluding hydrogens is 286 g/mol. The summed E-state index contributed by atoms with van der Waals surface area (Å²) in [6, 6.07) is 1.68. The van der Waals surface area contributed by atoms with Crippen LogP contribution < -0.4 is 5.73 Å². The Bertz CT molecular complexity index is 398. The molecule has 1 amide bonds. The number of anilines is 1. The summed E-state index contributed by atoms with van der Waals surface area (Å²) >= 11 is 3.27. The van der Waals surface area contributed by atoms with Gasteiger partial charge in [-0.05, 0) is 28.4 Å². The van der Waals surface area contributed by atoms with Crippen LogP contribution in [0, 0.1) is 0 Å². The standard InChI is InChI=1S/C11H16BrN3O2/c1-15(4-3-5-17-2)11(16)9-6-8(12)7-14-10(9)13/h6-7H,3-5H2,1-2H3,(H2,13,14). The molecule has 0 atom stereocenters. The van der Waals surface area contributed by atoms with E-state index in [1.54, 1.807) is 31.3 Å². The lowest BCUT2D eigenvalue weighted by atomic mass is 10.2. The van der Waals surface area contributed by atoms with E-state index < -0.39 is 0 Å². The Morgan fingerprint density at radius 2 is 2.35 bits per heavy atom. The molecule has 0 bridgehead atoms. The first-order chi connectivity index (χ1) is 8.06. The molecule has 0 saturated heterocycles. The highest BCUT2D eigenvalue weighted by atomic mass is 79.9. The molecule has 0 fully saturated rings. The Morgan fingerprint density at radius 1 is 1.65 bits per heavy atom. The third-order valence-corrected chi connectivity index (χ3v) is 2.74. The Kier molecular flexibility index (Phi) is 5.37. The lowest BCUT2D eigenvalue weighted by Crippen LogP contribution is -2.29. The number of rotatable bonds is 5. The molecule has 1 aromatic rings. The predicted molar refractivity (Wildman–Crippen MR) is 69.8 cm³/mol. The second kappa shape index (κ2) is 6.56. The molecule has 0 spiro atoms. The van der Waals surface area contributed by atoms with Crippen molar-refractivity contribution in [2.24, 2.45) is 0 Å². The number of aromatic nitrogens is 1. The third kappa shape index (κ3) is 3.98. The maximum absolute atomic E-state index is 12.1. The maximum atomic E-state index is 12.1. The molecule has 0 aliphatic heterocycles. The molecule has 2 N–H and O–H groups in total. The van der Waals surface area contributed by atoms with Crippen LogP contribution in [0.5, 0.6) is 0 Å². The molecule has 5 nitrogen and oxygen atoms in total. The fraction of sp³-hybridized carbons (Fsp3) is 0.455. The molecule has 17 heavy (non-hydrogen) atoms. The lowest BCUT2D eigenvalue weighted by molar-refractivity contribution is 0.0780. The molecule has 0 aliphatic carbocycles. The van der Waals surface area contributed by atoms with Crippen molar-refractivity contribution in [1.82, 2.24) is 9.88 Å². The van der Waals surface area contributed by atoms with E-state index in [0.29, 0.717) is 18.7 Å². The number of halogens is 1. The first kappa shape index (κ1) is 13.9. The van der Waals surface area contributed by atoms with Crippen LogP contribution in [0.15, 0.2) is 16.7 Å². The van der Waals surface area contributed by atoms with E-state index in [1.165, 1.54) is 0 Å². The fourth-order valence-electron chi connectivity index (χ4n) is 1.37. The zero-order chi connectivity index (χ0) is 12.8. The van der Waals surface area contributed by atoms with Gasteiger partial charge in [0, 0.05) is 38.0 Å². The first-order valence-electron chi connectivity index (χ1n) is 5.21. The monoisotopic (exact) mass is 301 g/mol. The molecule has 0 aliphatic rings. The van der Waals surface area contributed by atoms with E-state index in [4.69, 9.17) is 10.5 Å². The molecule has 1 rings (SSSR count). The number of carbonyl (C=O) groups excluding carboxylic acids is 1. The quantitative estimate of drug-likeness (QED) is 0.838. The fourth-order valence-corrected chi connectivity index (χ4v) is 1.71. The first-order valence-corrected chi connectivity index (χ1v) is 6.01. The largest absolute Gasteiger partial charge is 0.385 e. The van der Waals surface area contributed by atoms with Gasteiger partial charge >= 0.3 is 0 Å². The number of hydrogen-bond donors (Lipinski definition) is 1. The average molecular weight is 302 g/mol. The molecule has 0 radical (unpaired) electrons. The van der Waals surface area contributed by atoms with Gasteiger partial charge < -0.3 is 15.4 Å². The second-order valence-electron chi connectivity index (χ2n) is 3.66. The van der Waals surface area contributed by atoms with E-state index >= 15 is 0 Å². The van der Waals surface area contributed by atoms with Crippen molar-refractivity contribution >= 4 is 27.7 Å². The van der Waals surface area contributed by atoms with E-state index in [9.17, 15) is 4.79 Å². The molecule has 0 aromatic carbocycles. The summed E-state index contributed by atoms with van der Waals surface area (Å²) in [5, 5.41) is 0. The number of carbonyl (C=O) groups is 1. The summed E-state index contributed by atoms with van der Waals surface area (Å²) in [6.45, 7) is 1.25. The molecule has 6 heteroatoms. The molecule has 0 saturated carbocycles. The lowest BCUT2D eigenvalue weighted by Gasteiger charge is -2.17. The van der Waals surface area contributed by atoms with E-state index in [2.05, 4.69) is 20.9 Å². The Hall–Kier alpha value is -1.14. The third-order valence-electron chi connectivity index (χ3n) is 2.30. The van der Waals surface area contributed by atoms with Crippen LogP contribution in [0.2, 0.25) is 0 Å². The van der Waals surface area contributed by atoms with Crippen molar-refractivity contribution in [3.63, 3.8) is 0 Å². The van der Waals surface area contributed by atoms with Gasteiger partial charge in [-0.2, -0.15) is 0 Å². The molecule has 0 unspecified atom stereocenters. The van der Waals surface area contributed by atoms with Crippen molar-refractivity contribution in [2.75, 3.05) is 33.0 Å². The van der Waals surface area contributed by atoms with Gasteiger partial charge in [0.25, 0.3) is 5.91 Å². The highest BCUT2D eigenvalue weighted by Crippen LogP contribution is 2.17. The number of ether oxygens (including phenoxy) is 1. The van der Waals surface area contributed by atoms with Crippen molar-refractivity contribution in [3.8, 4) is 0 Å². The van der Waals surface area contributed by atoms with E-state index in [-0.39, 0.29) is 11.7 Å². The van der Waals surface area contributed by atoms with Gasteiger partial charge in [-0.3, -0.25) is 4.79 Å². The Morgan fingerprint density at radius 3 is 3.00 bits per heavy atom. The predicted octanol–water partition coefficient (Wildman–Crippen LogP) is 1.53. The Balaban J connectivity index is 2.71. The molecular formula is C11H16BrN3O2. The SMILES string of the molecule is COCCCN(C)C(=O)c1cc(Br)cnc1N. The molecule has 1 heterocycles. The normalized spacial score (nSPS) is 10.3. The van der Waals surface area contributed by atoms with Gasteiger partial charge in [0.1, 0.15) is 5.82 Å². The zero-order valence-corrected chi connectivity index (χ0v) is 11.5. The smallest absolute Gasteiger partial charge is 0.257 e. The van der Waals surface area contributed by atoms with Crippen LogP contribution in [0.3, 0.4) is 0 Å². The van der Waals surface area contributed by atoms with E-state index in [0.717, 1.165) is 10.9 Å². The Labute approximate surface area is 109 Å². The number of nitrogen functional groups attached to an aromatic ring is 1. The minimum atomic E-state index is -0.132. The second-order valence-corrected chi connectivity index (χ2v) is 4.58. The maximum Gasteiger partial charge on any atom is 0.257 e. The molecule has 94 valence electrons. The van der Waals surface area contributed by atoms with Crippen molar-refractivity contribution in [2.45, 2.75) is 6.42 Å². The summed E-state index contributed by atoms with van der Waals surface area (Å²) in [6.07, 6.45) is 2.36. The van der Waals surface area contributed by atoms with Crippen LogP contribution in [0.25, 0.3) is 0 Å². The van der Waals surface area contributed by atoms with Gasteiger partial charge in [-0.15, -0.1) is 0 Å². The van der Waals surface area contributed by atoms with Gasteiger partial charge in [0.05, 0.1) is 5.56 Å². The number of amides is 1. The summed E-state index contributed by atoms with van der Waals surface area (Å²) in [5.41, 5.74) is 6.09. The number of pyridine rings is 1. The van der Waals surface area contributed by atoms with Crippen LogP contribution in [0.1, 0.15) is 16.8 Å². The summed E-state index contributed by atoms with van der Waals surface area (Å²) in [5.74, 6) is 0.115. The van der Waals surface area contributed by atoms with Crippen molar-refractivity contribution in [1.29, 1.82) is 0 Å². The van der Waals surface area contributed by atoms with Crippen LogP contribution in [-0.4, -0.2) is 43.1 Å². The van der Waals surface area contributed by atoms with Gasteiger partial charge in [-0.25, -0.2) is 4.98 Å². The van der Waals surface area contributed by atoms with Crippen molar-refractivity contribution in [3.05, 3.63) is 22.3 Å². The summed E-state index contributed by atoms with van der Waals surface area (Å²) in [4.78, 5) is 17.6. The summed E-state index contributed by atoms with van der Waals surface area (Å²) < 4.78 is 5.67. The number of nitrogens with zero attached hydrogens (tertiary/aromatic N) is 2. The summed E-state index contributed by atoms with van der Waals surface area (Å²) in [7, 11) is 3.37. The van der Waals surface area contributed by atoms with Crippen LogP contribution in [-0.2, 0) is 4.74 Å². The highest BCUT2D eigenvalue weighted by molar-refractivity contribution is 9.10. The van der Waals surface area contributed by atoms with E-state index in [1.807, 2.05) is 0 Å². The van der Waals surface area contributed by atoms with Crippen molar-refractivity contribution < 1.29 is 9.53 Å². The minimum absolute atomic E-state index is 0.132. The van der Waals surface area contributed by atoms with Gasteiger partial charge in [-0.1, -0.05) is 0 Å². The highest BCUT2D eigenvalue weighted by Gasteiger charge is 2.15. The van der Waals surface area contributed by atoms with Gasteiger partial charge in [0.15, 0.2) is 0 Å². The number of nitrogens with two attached hydrogens (primary N) is 1. The average Bonchev–Trinajstić information content (AvgIpc) is 2.31. The minimum Gasteiger partial charge on any atom is -0.385 e. The van der Waals surface area contributed by atoms with Gasteiger partial charge in [0.2, 0.25) is 0 Å². The van der Waals surface area contributed by atoms with Crippen LogP contribution >= 0.6 is 15.9 Å². The topological polar surface area (TPSA) is 68.5 Å².